The van der Waals surface area contributed by atoms with Crippen LogP contribution in [0.25, 0.3) is 0 Å². The molecule has 0 saturated heterocycles. The van der Waals surface area contributed by atoms with E-state index in [1.165, 1.54) is 25.1 Å². The van der Waals surface area contributed by atoms with Crippen molar-refractivity contribution in [3.8, 4) is 6.07 Å². The maximum absolute atomic E-state index is 13.0. The van der Waals surface area contributed by atoms with Gasteiger partial charge in [-0.05, 0) is 55.2 Å². The summed E-state index contributed by atoms with van der Waals surface area (Å²) in [6.45, 7) is 1.50. The van der Waals surface area contributed by atoms with Gasteiger partial charge in [0.2, 0.25) is 0 Å². The van der Waals surface area contributed by atoms with Gasteiger partial charge in [-0.15, -0.1) is 0 Å². The van der Waals surface area contributed by atoms with Gasteiger partial charge in [0.1, 0.15) is 5.82 Å². The third-order valence-electron chi connectivity index (χ3n) is 4.31. The van der Waals surface area contributed by atoms with Crippen molar-refractivity contribution in [1.82, 2.24) is 0 Å². The number of nitrogens with zero attached hydrogens (tertiary/aromatic N) is 1. The van der Waals surface area contributed by atoms with Gasteiger partial charge in [-0.1, -0.05) is 18.2 Å². The van der Waals surface area contributed by atoms with E-state index in [0.717, 1.165) is 5.56 Å². The normalized spacial score (nSPS) is 19.1. The molecule has 1 aliphatic rings. The Bertz CT molecular complexity index is 873. The Morgan fingerprint density at radius 3 is 2.69 bits per heavy atom. The number of halogens is 1. The summed E-state index contributed by atoms with van der Waals surface area (Å²) in [7, 11) is 0. The minimum atomic E-state index is -0.956. The van der Waals surface area contributed by atoms with Crippen LogP contribution >= 0.6 is 0 Å². The largest absolute Gasteiger partial charge is 0.452 e. The molecule has 5 nitrogen and oxygen atoms in total. The van der Waals surface area contributed by atoms with Crippen LogP contribution in [-0.2, 0) is 14.3 Å². The van der Waals surface area contributed by atoms with Gasteiger partial charge in [-0.2, -0.15) is 5.26 Å². The zero-order valence-electron chi connectivity index (χ0n) is 14.1. The minimum absolute atomic E-state index is 0.00525. The lowest BCUT2D eigenvalue weighted by Crippen LogP contribution is -2.30. The first kappa shape index (κ1) is 17.6. The topological polar surface area (TPSA) is 79.2 Å². The van der Waals surface area contributed by atoms with Crippen molar-refractivity contribution in [2.24, 2.45) is 5.92 Å². The van der Waals surface area contributed by atoms with Gasteiger partial charge in [-0.25, -0.2) is 4.39 Å². The first-order valence-corrected chi connectivity index (χ1v) is 8.25. The van der Waals surface area contributed by atoms with Gasteiger partial charge < -0.3 is 10.1 Å². The number of amides is 1. The zero-order chi connectivity index (χ0) is 18.7. The van der Waals surface area contributed by atoms with Crippen LogP contribution in [0.2, 0.25) is 0 Å². The molecule has 0 radical (unpaired) electrons. The van der Waals surface area contributed by atoms with Gasteiger partial charge in [0, 0.05) is 5.69 Å². The van der Waals surface area contributed by atoms with Crippen LogP contribution in [0.1, 0.15) is 30.4 Å². The van der Waals surface area contributed by atoms with Gasteiger partial charge in [0.05, 0.1) is 17.6 Å². The Labute approximate surface area is 150 Å². The standard InChI is InChI=1S/C20H17FN2O3/c1-12(19(24)23-16-4-2-3-13(9-16)11-22)26-20(25)18-10-17(18)14-5-7-15(21)8-6-14/h2-9,12,17-18H,10H2,1H3,(H,23,24). The molecule has 3 atom stereocenters. The molecule has 132 valence electrons. The fourth-order valence-electron chi connectivity index (χ4n) is 2.76. The molecule has 3 unspecified atom stereocenters. The molecule has 2 aromatic rings. The maximum atomic E-state index is 13.0. The number of benzene rings is 2. The van der Waals surface area contributed by atoms with Crippen LogP contribution in [0.4, 0.5) is 10.1 Å². The number of hydrogen-bond acceptors (Lipinski definition) is 4. The third-order valence-corrected chi connectivity index (χ3v) is 4.31. The van der Waals surface area contributed by atoms with E-state index in [9.17, 15) is 14.0 Å². The van der Waals surface area contributed by atoms with E-state index < -0.39 is 18.0 Å². The Kier molecular flexibility index (Phi) is 4.99. The second-order valence-corrected chi connectivity index (χ2v) is 6.26. The van der Waals surface area contributed by atoms with E-state index in [0.29, 0.717) is 17.7 Å². The predicted octanol–water partition coefficient (Wildman–Crippen LogP) is 3.37. The molecule has 1 amide bonds. The summed E-state index contributed by atoms with van der Waals surface area (Å²) in [5.74, 6) is -1.53. The van der Waals surface area contributed by atoms with Gasteiger partial charge in [0.25, 0.3) is 5.91 Å². The van der Waals surface area contributed by atoms with E-state index in [-0.39, 0.29) is 17.7 Å². The summed E-state index contributed by atoms with van der Waals surface area (Å²) >= 11 is 0. The lowest BCUT2D eigenvalue weighted by atomic mass is 10.1. The Morgan fingerprint density at radius 1 is 1.27 bits per heavy atom. The highest BCUT2D eigenvalue weighted by atomic mass is 19.1. The smallest absolute Gasteiger partial charge is 0.310 e. The summed E-state index contributed by atoms with van der Waals surface area (Å²) < 4.78 is 18.2. The molecule has 26 heavy (non-hydrogen) atoms. The van der Waals surface area contributed by atoms with E-state index in [1.807, 2.05) is 6.07 Å². The second-order valence-electron chi connectivity index (χ2n) is 6.26. The van der Waals surface area contributed by atoms with Gasteiger partial charge in [0.15, 0.2) is 6.10 Å². The molecule has 0 aromatic heterocycles. The van der Waals surface area contributed by atoms with Crippen molar-refractivity contribution in [2.45, 2.75) is 25.4 Å². The first-order valence-electron chi connectivity index (χ1n) is 8.25. The quantitative estimate of drug-likeness (QED) is 0.837. The molecular weight excluding hydrogens is 335 g/mol. The van der Waals surface area contributed by atoms with Gasteiger partial charge >= 0.3 is 5.97 Å². The van der Waals surface area contributed by atoms with Crippen LogP contribution in [0, 0.1) is 23.1 Å². The molecule has 1 N–H and O–H groups in total. The number of ether oxygens (including phenoxy) is 1. The highest BCUT2D eigenvalue weighted by Crippen LogP contribution is 2.48. The second kappa shape index (κ2) is 7.36. The predicted molar refractivity (Wildman–Crippen MR) is 92.6 cm³/mol. The summed E-state index contributed by atoms with van der Waals surface area (Å²) in [5.41, 5.74) is 1.78. The summed E-state index contributed by atoms with van der Waals surface area (Å²) in [6, 6.07) is 14.5. The van der Waals surface area contributed by atoms with Crippen LogP contribution in [-0.4, -0.2) is 18.0 Å². The average Bonchev–Trinajstić information content (AvgIpc) is 3.43. The van der Waals surface area contributed by atoms with E-state index >= 15 is 0 Å². The highest BCUT2D eigenvalue weighted by Gasteiger charge is 2.46. The molecule has 1 saturated carbocycles. The summed E-state index contributed by atoms with van der Waals surface area (Å²) in [5, 5.41) is 11.5. The number of carbonyl (C=O) groups is 2. The number of nitrogens with one attached hydrogen (secondary N) is 1. The number of esters is 1. The van der Waals surface area contributed by atoms with Crippen LogP contribution in [0.3, 0.4) is 0 Å². The highest BCUT2D eigenvalue weighted by molar-refractivity contribution is 5.95. The molecule has 0 aliphatic heterocycles. The van der Waals surface area contributed by atoms with Crippen molar-refractivity contribution in [2.75, 3.05) is 5.32 Å². The Hall–Kier alpha value is -3.20. The van der Waals surface area contributed by atoms with Crippen molar-refractivity contribution >= 4 is 17.6 Å². The fraction of sp³-hybridized carbons (Fsp3) is 0.250. The number of rotatable bonds is 5. The maximum Gasteiger partial charge on any atom is 0.310 e. The van der Waals surface area contributed by atoms with E-state index in [2.05, 4.69) is 5.32 Å². The zero-order valence-corrected chi connectivity index (χ0v) is 14.1. The van der Waals surface area contributed by atoms with Crippen molar-refractivity contribution in [3.63, 3.8) is 0 Å². The Balaban J connectivity index is 1.53. The molecule has 6 heteroatoms. The third kappa shape index (κ3) is 4.06. The van der Waals surface area contributed by atoms with Crippen molar-refractivity contribution < 1.29 is 18.7 Å². The molecule has 0 bridgehead atoms. The average molecular weight is 352 g/mol. The Morgan fingerprint density at radius 2 is 2.00 bits per heavy atom. The molecule has 0 spiro atoms. The minimum Gasteiger partial charge on any atom is -0.452 e. The first-order chi connectivity index (χ1) is 12.5. The number of hydrogen-bond donors (Lipinski definition) is 1. The monoisotopic (exact) mass is 352 g/mol. The van der Waals surface area contributed by atoms with Crippen LogP contribution in [0.5, 0.6) is 0 Å². The lowest BCUT2D eigenvalue weighted by molar-refractivity contribution is -0.154. The van der Waals surface area contributed by atoms with Gasteiger partial charge in [-0.3, -0.25) is 9.59 Å². The van der Waals surface area contributed by atoms with Crippen LogP contribution < -0.4 is 5.32 Å². The number of nitriles is 1. The van der Waals surface area contributed by atoms with Crippen LogP contribution in [0.15, 0.2) is 48.5 Å². The SMILES string of the molecule is CC(OC(=O)C1CC1c1ccc(F)cc1)C(=O)Nc1cccc(C#N)c1. The van der Waals surface area contributed by atoms with Crippen molar-refractivity contribution in [1.29, 1.82) is 5.26 Å². The number of anilines is 1. The van der Waals surface area contributed by atoms with E-state index in [4.69, 9.17) is 10.00 Å². The van der Waals surface area contributed by atoms with Crippen molar-refractivity contribution in [3.05, 3.63) is 65.5 Å². The lowest BCUT2D eigenvalue weighted by Gasteiger charge is -2.13. The molecule has 3 rings (SSSR count). The molecule has 0 heterocycles. The summed E-state index contributed by atoms with van der Waals surface area (Å²) in [6.07, 6.45) is -0.328. The summed E-state index contributed by atoms with van der Waals surface area (Å²) in [4.78, 5) is 24.4. The molecule has 1 fully saturated rings. The van der Waals surface area contributed by atoms with E-state index in [1.54, 1.807) is 30.3 Å². The molecular formula is C20H17FN2O3. The molecule has 1 aliphatic carbocycles. The fourth-order valence-corrected chi connectivity index (χ4v) is 2.76. The number of carbonyl (C=O) groups excluding carboxylic acids is 2. The molecule has 2 aromatic carbocycles.